The number of ether oxygens (including phenoxy) is 2. The molecule has 0 spiro atoms. The van der Waals surface area contributed by atoms with Crippen LogP contribution in [0.25, 0.3) is 5.65 Å². The van der Waals surface area contributed by atoms with Crippen molar-refractivity contribution in [2.24, 2.45) is 5.92 Å². The summed E-state index contributed by atoms with van der Waals surface area (Å²) in [6, 6.07) is 12.4. The molecule has 1 aromatic carbocycles. The van der Waals surface area contributed by atoms with Gasteiger partial charge in [0.1, 0.15) is 18.7 Å². The third-order valence-electron chi connectivity index (χ3n) is 7.16. The molecule has 1 saturated carbocycles. The van der Waals surface area contributed by atoms with Gasteiger partial charge in [0.05, 0.1) is 6.61 Å². The molecule has 7 nitrogen and oxygen atoms in total. The Labute approximate surface area is 187 Å². The van der Waals surface area contributed by atoms with E-state index in [4.69, 9.17) is 9.47 Å². The van der Waals surface area contributed by atoms with Crippen LogP contribution in [-0.2, 0) is 11.3 Å². The third-order valence-corrected chi connectivity index (χ3v) is 7.16. The molecule has 166 valence electrons. The molecule has 1 aliphatic carbocycles. The Morgan fingerprint density at radius 2 is 1.84 bits per heavy atom. The molecule has 7 heteroatoms. The summed E-state index contributed by atoms with van der Waals surface area (Å²) in [5.41, 5.74) is 3.11. The van der Waals surface area contributed by atoms with Gasteiger partial charge in [-0.3, -0.25) is 4.40 Å². The number of aromatic nitrogens is 3. The molecule has 32 heavy (non-hydrogen) atoms. The summed E-state index contributed by atoms with van der Waals surface area (Å²) in [5, 5.41) is 8.18. The molecule has 2 bridgehead atoms. The quantitative estimate of drug-likeness (QED) is 0.571. The molecule has 2 aliphatic heterocycles. The van der Waals surface area contributed by atoms with Crippen molar-refractivity contribution in [3.8, 4) is 5.75 Å². The van der Waals surface area contributed by atoms with Gasteiger partial charge >= 0.3 is 6.09 Å². The highest BCUT2D eigenvalue weighted by Gasteiger charge is 2.44. The minimum atomic E-state index is -0.172. The lowest BCUT2D eigenvalue weighted by Crippen LogP contribution is -2.47. The highest BCUT2D eigenvalue weighted by atomic mass is 16.6. The van der Waals surface area contributed by atoms with Crippen molar-refractivity contribution in [3.63, 3.8) is 0 Å². The predicted octanol–water partition coefficient (Wildman–Crippen LogP) is 4.57. The van der Waals surface area contributed by atoms with Crippen LogP contribution in [-0.4, -0.2) is 44.3 Å². The number of rotatable bonds is 6. The lowest BCUT2D eigenvalue weighted by atomic mass is 9.91. The maximum atomic E-state index is 12.8. The van der Waals surface area contributed by atoms with Crippen molar-refractivity contribution in [1.29, 1.82) is 0 Å². The minimum absolute atomic E-state index is 0.172. The summed E-state index contributed by atoms with van der Waals surface area (Å²) in [4.78, 5) is 14.8. The fourth-order valence-electron chi connectivity index (χ4n) is 5.42. The molecule has 6 rings (SSSR count). The van der Waals surface area contributed by atoms with E-state index >= 15 is 0 Å². The van der Waals surface area contributed by atoms with Gasteiger partial charge in [-0.1, -0.05) is 30.3 Å². The van der Waals surface area contributed by atoms with Crippen molar-refractivity contribution in [1.82, 2.24) is 19.5 Å². The van der Waals surface area contributed by atoms with Crippen molar-refractivity contribution in [2.45, 2.75) is 63.1 Å². The average Bonchev–Trinajstić information content (AvgIpc) is 3.50. The van der Waals surface area contributed by atoms with Gasteiger partial charge in [0.25, 0.3) is 0 Å². The van der Waals surface area contributed by atoms with Crippen LogP contribution < -0.4 is 4.74 Å². The molecule has 2 saturated heterocycles. The number of carbonyl (C=O) groups is 1. The van der Waals surface area contributed by atoms with Crippen molar-refractivity contribution in [2.75, 3.05) is 6.61 Å². The molecule has 3 atom stereocenters. The number of piperidine rings is 1. The van der Waals surface area contributed by atoms with E-state index in [-0.39, 0.29) is 18.2 Å². The number of nitrogens with zero attached hydrogens (tertiary/aromatic N) is 4. The van der Waals surface area contributed by atoms with E-state index in [1.54, 1.807) is 6.33 Å². The van der Waals surface area contributed by atoms with E-state index in [9.17, 15) is 4.79 Å². The Morgan fingerprint density at radius 1 is 1.06 bits per heavy atom. The number of fused-ring (bicyclic) bond motifs is 3. The summed E-state index contributed by atoms with van der Waals surface area (Å²) in [5.74, 6) is 1.99. The fraction of sp³-hybridized carbons (Fsp3) is 0.480. The minimum Gasteiger partial charge on any atom is -0.493 e. The Balaban J connectivity index is 1.08. The van der Waals surface area contributed by atoms with E-state index in [1.807, 2.05) is 45.7 Å². The average molecular weight is 433 g/mol. The van der Waals surface area contributed by atoms with Gasteiger partial charge in [-0.25, -0.2) is 4.79 Å². The van der Waals surface area contributed by atoms with Gasteiger partial charge in [0.2, 0.25) is 0 Å². The Bertz CT molecular complexity index is 1100. The second-order valence-electron chi connectivity index (χ2n) is 9.44. The van der Waals surface area contributed by atoms with Crippen LogP contribution in [0.5, 0.6) is 5.75 Å². The third kappa shape index (κ3) is 3.80. The largest absolute Gasteiger partial charge is 0.493 e. The molecule has 1 unspecified atom stereocenters. The molecule has 3 fully saturated rings. The van der Waals surface area contributed by atoms with Gasteiger partial charge in [-0.15, -0.1) is 10.2 Å². The first-order chi connectivity index (χ1) is 15.7. The van der Waals surface area contributed by atoms with Gasteiger partial charge in [0, 0.05) is 29.9 Å². The van der Waals surface area contributed by atoms with Gasteiger partial charge < -0.3 is 14.4 Å². The maximum absolute atomic E-state index is 12.8. The van der Waals surface area contributed by atoms with Crippen molar-refractivity contribution >= 4 is 11.7 Å². The monoisotopic (exact) mass is 432 g/mol. The SMILES string of the molecule is O=C(OCc1ccccc1)N1[C@@H]2CC[C@H]1CC(COc1cc3nncn3cc1C1CC1)C2. The molecule has 3 aliphatic rings. The van der Waals surface area contributed by atoms with Gasteiger partial charge in [-0.05, 0) is 55.9 Å². The van der Waals surface area contributed by atoms with Crippen LogP contribution in [0.2, 0.25) is 0 Å². The molecular weight excluding hydrogens is 404 g/mol. The zero-order chi connectivity index (χ0) is 21.5. The number of amides is 1. The second-order valence-corrected chi connectivity index (χ2v) is 9.44. The van der Waals surface area contributed by atoms with Crippen LogP contribution in [0.1, 0.15) is 55.6 Å². The highest BCUT2D eigenvalue weighted by Crippen LogP contribution is 2.45. The van der Waals surface area contributed by atoms with E-state index in [0.29, 0.717) is 25.0 Å². The van der Waals surface area contributed by atoms with Crippen LogP contribution in [0.4, 0.5) is 4.79 Å². The molecule has 4 heterocycles. The summed E-state index contributed by atoms with van der Waals surface area (Å²) in [6.07, 6.45) is 10.2. The fourth-order valence-corrected chi connectivity index (χ4v) is 5.42. The van der Waals surface area contributed by atoms with Crippen LogP contribution in [0.15, 0.2) is 48.9 Å². The maximum Gasteiger partial charge on any atom is 0.410 e. The van der Waals surface area contributed by atoms with Crippen LogP contribution in [0, 0.1) is 5.92 Å². The van der Waals surface area contributed by atoms with Crippen LogP contribution >= 0.6 is 0 Å². The first-order valence-corrected chi connectivity index (χ1v) is 11.7. The normalized spacial score (nSPS) is 24.6. The summed E-state index contributed by atoms with van der Waals surface area (Å²) in [6.45, 7) is 1.02. The molecule has 2 aromatic heterocycles. The Morgan fingerprint density at radius 3 is 2.59 bits per heavy atom. The lowest BCUT2D eigenvalue weighted by molar-refractivity contribution is 0.0450. The van der Waals surface area contributed by atoms with E-state index in [0.717, 1.165) is 42.6 Å². The highest BCUT2D eigenvalue weighted by molar-refractivity contribution is 5.69. The number of hydrogen-bond acceptors (Lipinski definition) is 5. The molecule has 0 radical (unpaired) electrons. The predicted molar refractivity (Wildman–Crippen MR) is 118 cm³/mol. The van der Waals surface area contributed by atoms with Crippen molar-refractivity contribution in [3.05, 3.63) is 60.0 Å². The number of benzene rings is 1. The Kier molecular flexibility index (Phi) is 4.97. The molecule has 1 amide bonds. The Hall–Kier alpha value is -3.09. The molecular formula is C25H28N4O3. The number of hydrogen-bond donors (Lipinski definition) is 0. The van der Waals surface area contributed by atoms with Crippen molar-refractivity contribution < 1.29 is 14.3 Å². The first-order valence-electron chi connectivity index (χ1n) is 11.7. The number of carbonyl (C=O) groups excluding carboxylic acids is 1. The second kappa shape index (κ2) is 8.11. The van der Waals surface area contributed by atoms with Crippen LogP contribution in [0.3, 0.4) is 0 Å². The lowest BCUT2D eigenvalue weighted by Gasteiger charge is -2.38. The summed E-state index contributed by atoms with van der Waals surface area (Å²) in [7, 11) is 0. The summed E-state index contributed by atoms with van der Waals surface area (Å²) >= 11 is 0. The van der Waals surface area contributed by atoms with E-state index < -0.39 is 0 Å². The van der Waals surface area contributed by atoms with Gasteiger partial charge in [0.15, 0.2) is 5.65 Å². The zero-order valence-electron chi connectivity index (χ0n) is 18.1. The number of pyridine rings is 1. The zero-order valence-corrected chi connectivity index (χ0v) is 18.1. The molecule has 3 aromatic rings. The first kappa shape index (κ1) is 19.6. The van der Waals surface area contributed by atoms with E-state index in [1.165, 1.54) is 18.4 Å². The standard InChI is InChI=1S/C25H28N4O3/c30-25(32-14-17-4-2-1-3-5-17)29-20-8-9-21(29)11-18(10-20)15-31-23-12-24-27-26-16-28(24)13-22(23)19-6-7-19/h1-5,12-13,16,18-21H,6-11,14-15H2/t18?,20-,21+. The van der Waals surface area contributed by atoms with Gasteiger partial charge in [-0.2, -0.15) is 0 Å². The molecule has 0 N–H and O–H groups in total. The smallest absolute Gasteiger partial charge is 0.410 e. The summed E-state index contributed by atoms with van der Waals surface area (Å²) < 4.78 is 14.0. The van der Waals surface area contributed by atoms with E-state index in [2.05, 4.69) is 16.4 Å². The topological polar surface area (TPSA) is 69.0 Å².